The van der Waals surface area contributed by atoms with E-state index in [-0.39, 0.29) is 0 Å². The Balaban J connectivity index is 2.86. The number of hydrogen-bond acceptors (Lipinski definition) is 2. The molecule has 55 valence electrons. The fraction of sp³-hybridized carbons (Fsp3) is 0. The van der Waals surface area contributed by atoms with Crippen molar-refractivity contribution in [1.29, 1.82) is 0 Å². The van der Waals surface area contributed by atoms with E-state index in [0.717, 1.165) is 12.1 Å². The highest BCUT2D eigenvalue weighted by Crippen LogP contribution is 2.19. The van der Waals surface area contributed by atoms with Crippen molar-refractivity contribution in [1.82, 2.24) is 4.98 Å². The van der Waals surface area contributed by atoms with Crippen LogP contribution in [0.3, 0.4) is 0 Å². The SMILES string of the molecule is Fc1cc2n[c]sc2cc1F. The number of aromatic nitrogens is 1. The van der Waals surface area contributed by atoms with Crippen LogP contribution in [0.4, 0.5) is 8.78 Å². The van der Waals surface area contributed by atoms with Gasteiger partial charge in [0.25, 0.3) is 0 Å². The third kappa shape index (κ3) is 0.991. The topological polar surface area (TPSA) is 12.9 Å². The molecule has 4 heteroatoms. The highest BCUT2D eigenvalue weighted by atomic mass is 32.1. The average molecular weight is 170 g/mol. The van der Waals surface area contributed by atoms with E-state index in [2.05, 4.69) is 10.5 Å². The summed E-state index contributed by atoms with van der Waals surface area (Å²) in [5.74, 6) is -1.70. The Bertz CT molecular complexity index is 360. The summed E-state index contributed by atoms with van der Waals surface area (Å²) in [6, 6.07) is 2.19. The third-order valence-corrected chi connectivity index (χ3v) is 2.05. The lowest BCUT2D eigenvalue weighted by Gasteiger charge is -1.90. The Morgan fingerprint density at radius 2 is 2.00 bits per heavy atom. The van der Waals surface area contributed by atoms with Gasteiger partial charge in [-0.15, -0.1) is 11.3 Å². The average Bonchev–Trinajstić information content (AvgIpc) is 2.36. The molecular formula is C7H2F2NS. The predicted molar refractivity (Wildman–Crippen MR) is 38.4 cm³/mol. The van der Waals surface area contributed by atoms with E-state index >= 15 is 0 Å². The standard InChI is InChI=1S/C7H2F2NS/c8-4-1-6-7(2-5(4)9)11-3-10-6/h1-2H. The highest BCUT2D eigenvalue weighted by Gasteiger charge is 2.04. The second-order valence-corrected chi connectivity index (χ2v) is 2.87. The van der Waals surface area contributed by atoms with Crippen molar-refractivity contribution in [3.05, 3.63) is 29.3 Å². The molecule has 11 heavy (non-hydrogen) atoms. The summed E-state index contributed by atoms with van der Waals surface area (Å²) in [5.41, 5.74) is 3.00. The smallest absolute Gasteiger partial charge is 0.161 e. The van der Waals surface area contributed by atoms with Crippen LogP contribution in [0.1, 0.15) is 0 Å². The van der Waals surface area contributed by atoms with Crippen LogP contribution in [-0.4, -0.2) is 4.98 Å². The Kier molecular flexibility index (Phi) is 1.35. The van der Waals surface area contributed by atoms with Gasteiger partial charge in [0.15, 0.2) is 17.1 Å². The van der Waals surface area contributed by atoms with Gasteiger partial charge in [-0.3, -0.25) is 0 Å². The van der Waals surface area contributed by atoms with E-state index < -0.39 is 11.6 Å². The van der Waals surface area contributed by atoms with Crippen LogP contribution in [0, 0.1) is 17.1 Å². The molecule has 0 unspecified atom stereocenters. The monoisotopic (exact) mass is 170 g/mol. The Hall–Kier alpha value is -1.03. The first-order valence-electron chi connectivity index (χ1n) is 2.89. The quantitative estimate of drug-likeness (QED) is 0.591. The molecule has 1 aromatic carbocycles. The molecule has 1 heterocycles. The van der Waals surface area contributed by atoms with Crippen LogP contribution in [0.25, 0.3) is 10.2 Å². The molecule has 0 amide bonds. The van der Waals surface area contributed by atoms with Gasteiger partial charge in [-0.2, -0.15) is 0 Å². The zero-order valence-corrected chi connectivity index (χ0v) is 6.08. The molecule has 0 N–H and O–H groups in total. The van der Waals surface area contributed by atoms with E-state index in [1.54, 1.807) is 0 Å². The van der Waals surface area contributed by atoms with E-state index in [4.69, 9.17) is 0 Å². The summed E-state index contributed by atoms with van der Waals surface area (Å²) in [5, 5.41) is 0. The van der Waals surface area contributed by atoms with Crippen LogP contribution >= 0.6 is 11.3 Å². The lowest BCUT2D eigenvalue weighted by Crippen LogP contribution is -1.81. The number of fused-ring (bicyclic) bond motifs is 1. The molecule has 0 fully saturated rings. The molecule has 0 bridgehead atoms. The molecule has 1 aromatic heterocycles. The molecule has 0 spiro atoms. The molecule has 0 atom stereocenters. The maximum Gasteiger partial charge on any atom is 0.161 e. The molecule has 2 rings (SSSR count). The maximum atomic E-state index is 12.5. The van der Waals surface area contributed by atoms with E-state index in [1.807, 2.05) is 0 Å². The van der Waals surface area contributed by atoms with Gasteiger partial charge in [0.05, 0.1) is 10.2 Å². The van der Waals surface area contributed by atoms with Gasteiger partial charge in [0.1, 0.15) is 0 Å². The fourth-order valence-electron chi connectivity index (χ4n) is 0.808. The van der Waals surface area contributed by atoms with E-state index in [0.29, 0.717) is 10.2 Å². The lowest BCUT2D eigenvalue weighted by atomic mass is 10.3. The minimum atomic E-state index is -0.864. The number of hydrogen-bond donors (Lipinski definition) is 0. The molecule has 2 aromatic rings. The third-order valence-electron chi connectivity index (χ3n) is 1.32. The second-order valence-electron chi connectivity index (χ2n) is 2.04. The summed E-state index contributed by atoms with van der Waals surface area (Å²) in [4.78, 5) is 3.71. The van der Waals surface area contributed by atoms with Crippen LogP contribution < -0.4 is 0 Å². The van der Waals surface area contributed by atoms with E-state index in [1.165, 1.54) is 11.3 Å². The second kappa shape index (κ2) is 2.23. The van der Waals surface area contributed by atoms with Crippen molar-refractivity contribution in [2.75, 3.05) is 0 Å². The predicted octanol–water partition coefficient (Wildman–Crippen LogP) is 2.37. The van der Waals surface area contributed by atoms with E-state index in [9.17, 15) is 8.78 Å². The number of halogens is 2. The zero-order chi connectivity index (χ0) is 7.84. The van der Waals surface area contributed by atoms with Crippen molar-refractivity contribution < 1.29 is 8.78 Å². The number of thiazole rings is 1. The Labute approximate surface area is 65.3 Å². The largest absolute Gasteiger partial charge is 0.233 e. The van der Waals surface area contributed by atoms with Crippen LogP contribution in [0.2, 0.25) is 0 Å². The number of rotatable bonds is 0. The minimum Gasteiger partial charge on any atom is -0.233 e. The molecular weight excluding hydrogens is 168 g/mol. The molecule has 0 aliphatic rings. The van der Waals surface area contributed by atoms with Gasteiger partial charge in [0, 0.05) is 6.07 Å². The molecule has 1 nitrogen and oxygen atoms in total. The summed E-state index contributed by atoms with van der Waals surface area (Å²) in [6.45, 7) is 0. The number of benzene rings is 1. The highest BCUT2D eigenvalue weighted by molar-refractivity contribution is 7.16. The van der Waals surface area contributed by atoms with Crippen LogP contribution in [0.15, 0.2) is 12.1 Å². The first-order valence-corrected chi connectivity index (χ1v) is 3.70. The lowest BCUT2D eigenvalue weighted by molar-refractivity contribution is 0.511. The molecule has 0 aliphatic carbocycles. The van der Waals surface area contributed by atoms with Crippen molar-refractivity contribution >= 4 is 21.6 Å². The first kappa shape index (κ1) is 6.67. The van der Waals surface area contributed by atoms with Crippen molar-refractivity contribution in [3.8, 4) is 0 Å². The fourth-order valence-corrected chi connectivity index (χ4v) is 1.42. The van der Waals surface area contributed by atoms with Crippen LogP contribution in [-0.2, 0) is 0 Å². The summed E-state index contributed by atoms with van der Waals surface area (Å²) < 4.78 is 25.6. The normalized spacial score (nSPS) is 10.7. The van der Waals surface area contributed by atoms with Gasteiger partial charge in [-0.25, -0.2) is 13.8 Å². The molecule has 0 saturated carbocycles. The van der Waals surface area contributed by atoms with Crippen molar-refractivity contribution in [3.63, 3.8) is 0 Å². The van der Waals surface area contributed by atoms with Crippen LogP contribution in [0.5, 0.6) is 0 Å². The van der Waals surface area contributed by atoms with Gasteiger partial charge >= 0.3 is 0 Å². The molecule has 0 aliphatic heterocycles. The first-order chi connectivity index (χ1) is 5.27. The van der Waals surface area contributed by atoms with Crippen molar-refractivity contribution in [2.45, 2.75) is 0 Å². The Morgan fingerprint density at radius 3 is 2.82 bits per heavy atom. The summed E-state index contributed by atoms with van der Waals surface area (Å²) >= 11 is 1.17. The number of nitrogens with zero attached hydrogens (tertiary/aromatic N) is 1. The van der Waals surface area contributed by atoms with Gasteiger partial charge in [-0.05, 0) is 6.07 Å². The molecule has 0 saturated heterocycles. The van der Waals surface area contributed by atoms with Gasteiger partial charge in [-0.1, -0.05) is 0 Å². The molecule has 1 radical (unpaired) electrons. The maximum absolute atomic E-state index is 12.5. The zero-order valence-electron chi connectivity index (χ0n) is 5.27. The van der Waals surface area contributed by atoms with Crippen molar-refractivity contribution in [2.24, 2.45) is 0 Å². The van der Waals surface area contributed by atoms with Gasteiger partial charge in [0.2, 0.25) is 0 Å². The minimum absolute atomic E-state index is 0.453. The summed E-state index contributed by atoms with van der Waals surface area (Å²) in [7, 11) is 0. The Morgan fingerprint density at radius 1 is 1.27 bits per heavy atom. The van der Waals surface area contributed by atoms with Gasteiger partial charge < -0.3 is 0 Å². The summed E-state index contributed by atoms with van der Waals surface area (Å²) in [6.07, 6.45) is 0.